The summed E-state index contributed by atoms with van der Waals surface area (Å²) in [5.41, 5.74) is 2.78. The second-order valence-corrected chi connectivity index (χ2v) is 8.39. The summed E-state index contributed by atoms with van der Waals surface area (Å²) in [7, 11) is 0. The van der Waals surface area contributed by atoms with Crippen molar-refractivity contribution >= 4 is 33.4 Å². The van der Waals surface area contributed by atoms with Gasteiger partial charge in [-0.25, -0.2) is 0 Å². The summed E-state index contributed by atoms with van der Waals surface area (Å²) in [5.74, 6) is 1.35. The van der Waals surface area contributed by atoms with Crippen LogP contribution in [0.2, 0.25) is 5.02 Å². The molecule has 0 amide bonds. The number of ether oxygens (including phenoxy) is 1. The van der Waals surface area contributed by atoms with Crippen molar-refractivity contribution in [2.24, 2.45) is 5.92 Å². The molecule has 1 saturated carbocycles. The number of halogens is 1. The summed E-state index contributed by atoms with van der Waals surface area (Å²) in [4.78, 5) is 4.66. The van der Waals surface area contributed by atoms with Gasteiger partial charge in [0, 0.05) is 16.6 Å². The first-order valence-corrected chi connectivity index (χ1v) is 10.8. The predicted molar refractivity (Wildman–Crippen MR) is 118 cm³/mol. The van der Waals surface area contributed by atoms with Crippen LogP contribution in [-0.2, 0) is 0 Å². The van der Waals surface area contributed by atoms with Crippen LogP contribution in [0.15, 0.2) is 54.7 Å². The van der Waals surface area contributed by atoms with Crippen LogP contribution in [0.1, 0.15) is 39.0 Å². The SMILES string of the molecule is CC(Oc1c2cnc3ccccc3c2nn1-c1ccc(Cl)cc1)C1CCCCC1. The molecule has 2 aromatic carbocycles. The number of para-hydroxylation sites is 1. The Morgan fingerprint density at radius 3 is 2.55 bits per heavy atom. The lowest BCUT2D eigenvalue weighted by atomic mass is 9.86. The van der Waals surface area contributed by atoms with E-state index in [-0.39, 0.29) is 6.10 Å². The van der Waals surface area contributed by atoms with E-state index in [0.29, 0.717) is 10.9 Å². The Kier molecular flexibility index (Phi) is 4.88. The first-order chi connectivity index (χ1) is 14.2. The highest BCUT2D eigenvalue weighted by Gasteiger charge is 2.25. The molecule has 0 aliphatic heterocycles. The molecule has 0 saturated heterocycles. The number of benzene rings is 2. The number of rotatable bonds is 4. The van der Waals surface area contributed by atoms with Gasteiger partial charge in [0.2, 0.25) is 5.88 Å². The topological polar surface area (TPSA) is 39.9 Å². The molecule has 148 valence electrons. The molecule has 0 spiro atoms. The molecule has 5 heteroatoms. The normalized spacial score (nSPS) is 16.3. The molecule has 1 fully saturated rings. The Bertz CT molecular complexity index is 1150. The van der Waals surface area contributed by atoms with Gasteiger partial charge < -0.3 is 4.74 Å². The van der Waals surface area contributed by atoms with Crippen LogP contribution in [0.5, 0.6) is 5.88 Å². The van der Waals surface area contributed by atoms with Crippen molar-refractivity contribution in [3.05, 3.63) is 59.8 Å². The average molecular weight is 406 g/mol. The van der Waals surface area contributed by atoms with Gasteiger partial charge in [-0.05, 0) is 56.0 Å². The minimum Gasteiger partial charge on any atom is -0.474 e. The van der Waals surface area contributed by atoms with Crippen LogP contribution in [0.3, 0.4) is 0 Å². The van der Waals surface area contributed by atoms with E-state index >= 15 is 0 Å². The lowest BCUT2D eigenvalue weighted by molar-refractivity contribution is 0.117. The Morgan fingerprint density at radius 2 is 1.76 bits per heavy atom. The number of fused-ring (bicyclic) bond motifs is 3. The number of nitrogens with zero attached hydrogens (tertiary/aromatic N) is 3. The maximum atomic E-state index is 6.60. The average Bonchev–Trinajstić information content (AvgIpc) is 3.13. The second kappa shape index (κ2) is 7.68. The van der Waals surface area contributed by atoms with Crippen molar-refractivity contribution in [3.8, 4) is 11.6 Å². The molecule has 0 N–H and O–H groups in total. The molecule has 0 radical (unpaired) electrons. The lowest BCUT2D eigenvalue weighted by Crippen LogP contribution is -2.26. The smallest absolute Gasteiger partial charge is 0.226 e. The predicted octanol–water partition coefficient (Wildman–Crippen LogP) is 6.57. The van der Waals surface area contributed by atoms with Crippen LogP contribution < -0.4 is 4.74 Å². The fourth-order valence-electron chi connectivity index (χ4n) is 4.40. The highest BCUT2D eigenvalue weighted by molar-refractivity contribution is 6.30. The summed E-state index contributed by atoms with van der Waals surface area (Å²) in [5, 5.41) is 7.63. The standard InChI is InChI=1S/C24H24ClN3O/c1-16(17-7-3-2-4-8-17)29-24-21-15-26-22-10-6-5-9-20(22)23(21)27-28(24)19-13-11-18(25)12-14-19/h5-6,9-17H,2-4,7-8H2,1H3. The third-order valence-electron chi connectivity index (χ3n) is 6.05. The van der Waals surface area contributed by atoms with Crippen molar-refractivity contribution in [3.63, 3.8) is 0 Å². The third-order valence-corrected chi connectivity index (χ3v) is 6.30. The van der Waals surface area contributed by atoms with Gasteiger partial charge in [0.1, 0.15) is 11.6 Å². The van der Waals surface area contributed by atoms with Crippen LogP contribution in [-0.4, -0.2) is 20.9 Å². The van der Waals surface area contributed by atoms with Crippen molar-refractivity contribution < 1.29 is 4.74 Å². The van der Waals surface area contributed by atoms with E-state index in [2.05, 4.69) is 18.0 Å². The summed E-state index contributed by atoms with van der Waals surface area (Å²) in [6.07, 6.45) is 8.41. The van der Waals surface area contributed by atoms with Crippen LogP contribution in [0.25, 0.3) is 27.5 Å². The maximum absolute atomic E-state index is 6.60. The highest BCUT2D eigenvalue weighted by atomic mass is 35.5. The summed E-state index contributed by atoms with van der Waals surface area (Å²) < 4.78 is 8.50. The minimum absolute atomic E-state index is 0.132. The van der Waals surface area contributed by atoms with E-state index in [1.165, 1.54) is 32.1 Å². The molecular weight excluding hydrogens is 382 g/mol. The molecule has 4 nitrogen and oxygen atoms in total. The van der Waals surface area contributed by atoms with Gasteiger partial charge in [-0.1, -0.05) is 49.1 Å². The van der Waals surface area contributed by atoms with E-state index in [9.17, 15) is 0 Å². The summed E-state index contributed by atoms with van der Waals surface area (Å²) >= 11 is 6.11. The van der Waals surface area contributed by atoms with Crippen LogP contribution in [0, 0.1) is 5.92 Å². The third kappa shape index (κ3) is 3.46. The summed E-state index contributed by atoms with van der Waals surface area (Å²) in [6.45, 7) is 2.19. The van der Waals surface area contributed by atoms with E-state index in [1.54, 1.807) is 0 Å². The zero-order valence-corrected chi connectivity index (χ0v) is 17.3. The van der Waals surface area contributed by atoms with Gasteiger partial charge in [-0.3, -0.25) is 4.98 Å². The molecule has 1 unspecified atom stereocenters. The van der Waals surface area contributed by atoms with Crippen molar-refractivity contribution in [2.75, 3.05) is 0 Å². The molecule has 1 aliphatic rings. The Balaban J connectivity index is 1.65. The Labute approximate surface area is 175 Å². The highest BCUT2D eigenvalue weighted by Crippen LogP contribution is 2.35. The van der Waals surface area contributed by atoms with Gasteiger partial charge in [-0.2, -0.15) is 9.78 Å². The zero-order valence-electron chi connectivity index (χ0n) is 16.5. The van der Waals surface area contributed by atoms with Gasteiger partial charge in [0.25, 0.3) is 0 Å². The van der Waals surface area contributed by atoms with Gasteiger partial charge >= 0.3 is 0 Å². The zero-order chi connectivity index (χ0) is 19.8. The molecule has 29 heavy (non-hydrogen) atoms. The van der Waals surface area contributed by atoms with E-state index in [1.807, 2.05) is 53.3 Å². The number of hydrogen-bond donors (Lipinski definition) is 0. The maximum Gasteiger partial charge on any atom is 0.226 e. The van der Waals surface area contributed by atoms with Crippen molar-refractivity contribution in [2.45, 2.75) is 45.1 Å². The Hall–Kier alpha value is -2.59. The number of hydrogen-bond acceptors (Lipinski definition) is 3. The van der Waals surface area contributed by atoms with E-state index in [0.717, 1.165) is 33.4 Å². The van der Waals surface area contributed by atoms with E-state index < -0.39 is 0 Å². The molecular formula is C24H24ClN3O. The number of aromatic nitrogens is 3. The fourth-order valence-corrected chi connectivity index (χ4v) is 4.52. The molecule has 1 aliphatic carbocycles. The van der Waals surface area contributed by atoms with Gasteiger partial charge in [0.05, 0.1) is 16.6 Å². The van der Waals surface area contributed by atoms with Gasteiger partial charge in [-0.15, -0.1) is 0 Å². The minimum atomic E-state index is 0.132. The molecule has 0 bridgehead atoms. The monoisotopic (exact) mass is 405 g/mol. The number of pyridine rings is 1. The fraction of sp³-hybridized carbons (Fsp3) is 0.333. The second-order valence-electron chi connectivity index (χ2n) is 7.95. The molecule has 5 rings (SSSR count). The Morgan fingerprint density at radius 1 is 1.00 bits per heavy atom. The molecule has 4 aromatic rings. The lowest BCUT2D eigenvalue weighted by Gasteiger charge is -2.28. The quantitative estimate of drug-likeness (QED) is 0.385. The first-order valence-electron chi connectivity index (χ1n) is 10.4. The molecule has 1 atom stereocenters. The summed E-state index contributed by atoms with van der Waals surface area (Å²) in [6, 6.07) is 15.8. The van der Waals surface area contributed by atoms with E-state index in [4.69, 9.17) is 21.4 Å². The first kappa shape index (κ1) is 18.4. The molecule has 2 aromatic heterocycles. The van der Waals surface area contributed by atoms with Gasteiger partial charge in [0.15, 0.2) is 0 Å². The van der Waals surface area contributed by atoms with Crippen LogP contribution in [0.4, 0.5) is 0 Å². The largest absolute Gasteiger partial charge is 0.474 e. The van der Waals surface area contributed by atoms with Crippen LogP contribution >= 0.6 is 11.6 Å². The van der Waals surface area contributed by atoms with Crippen molar-refractivity contribution in [1.82, 2.24) is 14.8 Å². The van der Waals surface area contributed by atoms with Crippen molar-refractivity contribution in [1.29, 1.82) is 0 Å². The molecule has 2 heterocycles.